The number of benzene rings is 7. The number of aryl methyl sites for hydroxylation is 1. The van der Waals surface area contributed by atoms with E-state index in [-0.39, 0.29) is 11.3 Å². The third kappa shape index (κ3) is 6.91. The highest BCUT2D eigenvalue weighted by Crippen LogP contribution is 2.42. The van der Waals surface area contributed by atoms with Crippen molar-refractivity contribution in [2.24, 2.45) is 0 Å². The van der Waals surface area contributed by atoms with Gasteiger partial charge in [-0.05, 0) is 112 Å². The van der Waals surface area contributed by atoms with E-state index in [1.54, 1.807) is 54.6 Å². The molecule has 0 saturated heterocycles. The highest BCUT2D eigenvalue weighted by atomic mass is 16.3. The summed E-state index contributed by atoms with van der Waals surface area (Å²) in [6, 6.07) is 54.6. The average Bonchev–Trinajstić information content (AvgIpc) is 3.68. The van der Waals surface area contributed by atoms with Gasteiger partial charge < -0.3 is 5.11 Å². The fraction of sp³-hybridized carbons (Fsp3) is 0.0943. The number of phenols is 1. The van der Waals surface area contributed by atoms with E-state index in [1.807, 2.05) is 59.3 Å². The molecule has 57 heavy (non-hydrogen) atoms. The fourth-order valence-electron chi connectivity index (χ4n) is 7.47. The zero-order valence-electron chi connectivity index (χ0n) is 40.1. The Bertz CT molecular complexity index is 3190. The minimum atomic E-state index is -3.47. The van der Waals surface area contributed by atoms with Crippen LogP contribution in [0, 0.1) is 6.92 Å². The van der Waals surface area contributed by atoms with Gasteiger partial charge in [0.05, 0.1) is 28.0 Å². The average molecular weight is 747 g/mol. The Morgan fingerprint density at radius 2 is 1.19 bits per heavy atom. The van der Waals surface area contributed by atoms with E-state index in [0.717, 1.165) is 44.6 Å². The second-order valence-corrected chi connectivity index (χ2v) is 14.3. The van der Waals surface area contributed by atoms with Crippen LogP contribution in [0.25, 0.3) is 83.9 Å². The predicted molar refractivity (Wildman–Crippen MR) is 237 cm³/mol. The quantitative estimate of drug-likeness (QED) is 0.177. The Morgan fingerprint density at radius 1 is 0.526 bits per heavy atom. The topological polar surface area (TPSA) is 50.9 Å². The number of imidazole rings is 1. The molecule has 9 rings (SSSR count). The smallest absolute Gasteiger partial charge is 0.149 e. The Kier molecular flexibility index (Phi) is 6.82. The number of rotatable bonds is 7. The number of pyridine rings is 1. The Labute approximate surface area is 347 Å². The summed E-state index contributed by atoms with van der Waals surface area (Å²) in [4.78, 5) is 10.1. The Morgan fingerprint density at radius 3 is 1.95 bits per heavy atom. The van der Waals surface area contributed by atoms with Crippen molar-refractivity contribution in [2.75, 3.05) is 0 Å². The lowest BCUT2D eigenvalue weighted by Crippen LogP contribution is -2.12. The van der Waals surface area contributed by atoms with Crippen molar-refractivity contribution in [3.05, 3.63) is 193 Å². The number of hydrogen-bond acceptors (Lipinski definition) is 3. The number of aromatic nitrogens is 3. The van der Waals surface area contributed by atoms with Crippen molar-refractivity contribution in [1.29, 1.82) is 0 Å². The molecule has 0 fully saturated rings. The molecule has 0 bridgehead atoms. The summed E-state index contributed by atoms with van der Waals surface area (Å²) in [5.74, 6) is 0.286. The summed E-state index contributed by atoms with van der Waals surface area (Å²) in [7, 11) is 0. The van der Waals surface area contributed by atoms with E-state index in [4.69, 9.17) is 22.3 Å². The van der Waals surface area contributed by atoms with E-state index in [0.29, 0.717) is 39.2 Å². The summed E-state index contributed by atoms with van der Waals surface area (Å²) in [6.07, 6.45) is 1.81. The number of fused-ring (bicyclic) bond motifs is 1. The molecule has 0 amide bonds. The molecule has 0 atom stereocenters. The lowest BCUT2D eigenvalue weighted by atomic mass is 9.85. The SMILES string of the molecule is [2H]C([2H])([2H])C(c1ccc(-n2c(-c3ccccc3O)nc3c(-c4cc(-c5ccccc5)cc(-c5cc(-c6ccc(C)cc6)ccn5)c4)cccc32)c(-c2ccccc2)c1)(C([2H])([2H])[2H])C([2H])([2H])[2H]. The van der Waals surface area contributed by atoms with Crippen LogP contribution < -0.4 is 0 Å². The van der Waals surface area contributed by atoms with Crippen LogP contribution in [0.3, 0.4) is 0 Å². The van der Waals surface area contributed by atoms with E-state index in [1.165, 1.54) is 17.7 Å². The number of para-hydroxylation sites is 2. The summed E-state index contributed by atoms with van der Waals surface area (Å²) in [5.41, 5.74) is 7.75. The molecule has 1 N–H and O–H groups in total. The lowest BCUT2D eigenvalue weighted by Gasteiger charge is -2.23. The first-order valence-electron chi connectivity index (χ1n) is 23.2. The zero-order valence-corrected chi connectivity index (χ0v) is 31.1. The molecule has 276 valence electrons. The molecule has 0 unspecified atom stereocenters. The van der Waals surface area contributed by atoms with Crippen molar-refractivity contribution in [3.63, 3.8) is 0 Å². The van der Waals surface area contributed by atoms with Crippen LogP contribution in [0.5, 0.6) is 5.75 Å². The summed E-state index contributed by atoms with van der Waals surface area (Å²) >= 11 is 0. The molecule has 0 aliphatic rings. The van der Waals surface area contributed by atoms with Crippen molar-refractivity contribution in [2.45, 2.75) is 32.9 Å². The minimum absolute atomic E-state index is 0.0485. The third-order valence-electron chi connectivity index (χ3n) is 10.4. The largest absolute Gasteiger partial charge is 0.507 e. The highest BCUT2D eigenvalue weighted by molar-refractivity contribution is 5.98. The molecule has 0 radical (unpaired) electrons. The molecule has 0 spiro atoms. The maximum Gasteiger partial charge on any atom is 0.149 e. The monoisotopic (exact) mass is 746 g/mol. The molecule has 4 nitrogen and oxygen atoms in total. The number of phenolic OH excluding ortho intramolecular Hbond substituents is 1. The molecular weight excluding hydrogens is 695 g/mol. The molecule has 4 heteroatoms. The van der Waals surface area contributed by atoms with Crippen molar-refractivity contribution in [3.8, 4) is 78.6 Å². The van der Waals surface area contributed by atoms with Crippen LogP contribution in [0.4, 0.5) is 0 Å². The molecule has 0 saturated carbocycles. The molecule has 7 aromatic carbocycles. The number of nitrogens with zero attached hydrogens (tertiary/aromatic N) is 3. The van der Waals surface area contributed by atoms with Crippen LogP contribution in [0.15, 0.2) is 182 Å². The van der Waals surface area contributed by atoms with E-state index in [2.05, 4.69) is 67.6 Å². The van der Waals surface area contributed by atoms with Crippen molar-refractivity contribution in [1.82, 2.24) is 14.5 Å². The number of hydrogen-bond donors (Lipinski definition) is 1. The van der Waals surface area contributed by atoms with Gasteiger partial charge in [-0.15, -0.1) is 0 Å². The summed E-state index contributed by atoms with van der Waals surface area (Å²) < 4.78 is 78.3. The van der Waals surface area contributed by atoms with Gasteiger partial charge >= 0.3 is 0 Å². The van der Waals surface area contributed by atoms with Crippen LogP contribution in [-0.2, 0) is 5.41 Å². The van der Waals surface area contributed by atoms with Crippen LogP contribution in [-0.4, -0.2) is 19.6 Å². The van der Waals surface area contributed by atoms with Gasteiger partial charge in [0.1, 0.15) is 11.6 Å². The summed E-state index contributed by atoms with van der Waals surface area (Å²) in [6.45, 7) is -8.35. The van der Waals surface area contributed by atoms with Crippen LogP contribution in [0.2, 0.25) is 0 Å². The van der Waals surface area contributed by atoms with Gasteiger partial charge in [-0.25, -0.2) is 4.98 Å². The standard InChI is InChI=1S/C53H43N3O/c1-35-22-24-37(25-23-35)39-28-29-54-47(33-39)42-31-40(36-14-7-5-8-15-36)30-41(32-42)44-19-13-20-49-51(44)55-52(45-18-11-12-21-50(45)57)56(49)48-27-26-43(53(2,3)4)34-46(48)38-16-9-6-10-17-38/h5-34,57H,1-4H3/i2D3,3D3,4D3. The van der Waals surface area contributed by atoms with Crippen LogP contribution in [0.1, 0.15) is 44.0 Å². The molecular formula is C53H43N3O. The van der Waals surface area contributed by atoms with Crippen molar-refractivity contribution >= 4 is 11.0 Å². The fourth-order valence-corrected chi connectivity index (χ4v) is 7.47. The maximum absolute atomic E-state index is 11.4. The molecule has 2 heterocycles. The van der Waals surface area contributed by atoms with E-state index < -0.39 is 26.0 Å². The summed E-state index contributed by atoms with van der Waals surface area (Å²) in [5, 5.41) is 11.4. The van der Waals surface area contributed by atoms with Gasteiger partial charge in [0, 0.05) is 35.2 Å². The number of aromatic hydroxyl groups is 1. The maximum atomic E-state index is 11.4. The van der Waals surface area contributed by atoms with Gasteiger partial charge in [-0.2, -0.15) is 0 Å². The zero-order chi connectivity index (χ0) is 46.6. The van der Waals surface area contributed by atoms with E-state index >= 15 is 0 Å². The van der Waals surface area contributed by atoms with Gasteiger partial charge in [0.2, 0.25) is 0 Å². The minimum Gasteiger partial charge on any atom is -0.507 e. The van der Waals surface area contributed by atoms with Gasteiger partial charge in [0.25, 0.3) is 0 Å². The Balaban J connectivity index is 1.33. The van der Waals surface area contributed by atoms with Gasteiger partial charge in [-0.1, -0.05) is 141 Å². The molecule has 0 aliphatic carbocycles. The lowest BCUT2D eigenvalue weighted by molar-refractivity contribution is 0.477. The normalized spacial score (nSPS) is 14.6. The van der Waals surface area contributed by atoms with Gasteiger partial charge in [-0.3, -0.25) is 9.55 Å². The Hall–Kier alpha value is -7.04. The second kappa shape index (κ2) is 14.6. The highest BCUT2D eigenvalue weighted by Gasteiger charge is 2.24. The molecule has 9 aromatic rings. The van der Waals surface area contributed by atoms with Gasteiger partial charge in [0.15, 0.2) is 0 Å². The first kappa shape index (κ1) is 26.7. The molecule has 0 aliphatic heterocycles. The first-order valence-corrected chi connectivity index (χ1v) is 18.7. The van der Waals surface area contributed by atoms with Crippen LogP contribution >= 0.6 is 0 Å². The first-order chi connectivity index (χ1) is 31.5. The van der Waals surface area contributed by atoms with Crippen molar-refractivity contribution < 1.29 is 17.4 Å². The van der Waals surface area contributed by atoms with E-state index in [9.17, 15) is 5.11 Å². The predicted octanol–water partition coefficient (Wildman–Crippen LogP) is 13.7. The third-order valence-corrected chi connectivity index (χ3v) is 10.4. The molecule has 2 aromatic heterocycles. The second-order valence-electron chi connectivity index (χ2n) is 14.3.